The van der Waals surface area contributed by atoms with Gasteiger partial charge in [0.15, 0.2) is 0 Å². The van der Waals surface area contributed by atoms with Crippen LogP contribution in [0.25, 0.3) is 10.8 Å². The maximum absolute atomic E-state index is 10.2. The van der Waals surface area contributed by atoms with E-state index in [2.05, 4.69) is 60.7 Å². The van der Waals surface area contributed by atoms with Gasteiger partial charge in [0, 0.05) is 0 Å². The third-order valence-corrected chi connectivity index (χ3v) is 4.60. The van der Waals surface area contributed by atoms with Crippen molar-refractivity contribution in [3.05, 3.63) is 83.4 Å². The summed E-state index contributed by atoms with van der Waals surface area (Å²) >= 11 is 0. The molecule has 1 heteroatoms. The largest absolute Gasteiger partial charge is 0.388 e. The Balaban J connectivity index is 1.66. The summed E-state index contributed by atoms with van der Waals surface area (Å²) in [4.78, 5) is 0. The lowest BCUT2D eigenvalue weighted by Crippen LogP contribution is -1.99. The van der Waals surface area contributed by atoms with Crippen molar-refractivity contribution in [2.24, 2.45) is 0 Å². The number of fused-ring (bicyclic) bond motifs is 2. The van der Waals surface area contributed by atoms with E-state index < -0.39 is 0 Å². The predicted octanol–water partition coefficient (Wildman–Crippen LogP) is 4.60. The summed E-state index contributed by atoms with van der Waals surface area (Å²) in [6, 6.07) is 23.5. The monoisotopic (exact) mass is 274 g/mol. The van der Waals surface area contributed by atoms with Crippen molar-refractivity contribution in [1.29, 1.82) is 0 Å². The Morgan fingerprint density at radius 3 is 2.38 bits per heavy atom. The van der Waals surface area contributed by atoms with Gasteiger partial charge >= 0.3 is 0 Å². The highest BCUT2D eigenvalue weighted by Crippen LogP contribution is 2.41. The number of aliphatic hydroxyl groups is 1. The van der Waals surface area contributed by atoms with Gasteiger partial charge in [0.2, 0.25) is 0 Å². The van der Waals surface area contributed by atoms with Gasteiger partial charge in [-0.1, -0.05) is 66.7 Å². The quantitative estimate of drug-likeness (QED) is 0.724. The Labute approximate surface area is 124 Å². The van der Waals surface area contributed by atoms with Gasteiger partial charge in [0.25, 0.3) is 0 Å². The summed E-state index contributed by atoms with van der Waals surface area (Å²) in [7, 11) is 0. The molecule has 3 aromatic rings. The van der Waals surface area contributed by atoms with Crippen LogP contribution in [0.3, 0.4) is 0 Å². The third kappa shape index (κ3) is 2.24. The van der Waals surface area contributed by atoms with E-state index in [-0.39, 0.29) is 6.10 Å². The maximum Gasteiger partial charge on any atom is 0.0798 e. The molecule has 0 saturated carbocycles. The number of rotatable bonds is 2. The summed E-state index contributed by atoms with van der Waals surface area (Å²) < 4.78 is 0. The lowest BCUT2D eigenvalue weighted by atomic mass is 9.92. The van der Waals surface area contributed by atoms with Gasteiger partial charge in [-0.05, 0) is 46.2 Å². The minimum absolute atomic E-state index is 0.299. The highest BCUT2D eigenvalue weighted by Gasteiger charge is 2.29. The van der Waals surface area contributed by atoms with Crippen LogP contribution in [0.15, 0.2) is 66.7 Å². The first-order valence-electron chi connectivity index (χ1n) is 7.56. The van der Waals surface area contributed by atoms with Crippen LogP contribution >= 0.6 is 0 Å². The molecule has 4 rings (SSSR count). The minimum atomic E-state index is -0.299. The van der Waals surface area contributed by atoms with Gasteiger partial charge in [-0.15, -0.1) is 0 Å². The van der Waals surface area contributed by atoms with E-state index in [0.717, 1.165) is 18.4 Å². The van der Waals surface area contributed by atoms with E-state index in [1.807, 2.05) is 6.07 Å². The van der Waals surface area contributed by atoms with Crippen molar-refractivity contribution >= 4 is 10.8 Å². The molecule has 0 unspecified atom stereocenters. The lowest BCUT2D eigenvalue weighted by molar-refractivity contribution is 0.173. The van der Waals surface area contributed by atoms with Crippen molar-refractivity contribution in [2.75, 3.05) is 0 Å². The molecule has 21 heavy (non-hydrogen) atoms. The highest BCUT2D eigenvalue weighted by atomic mass is 16.3. The van der Waals surface area contributed by atoms with Crippen LogP contribution < -0.4 is 0 Å². The van der Waals surface area contributed by atoms with Crippen LogP contribution in [0.1, 0.15) is 35.1 Å². The number of hydrogen-bond donors (Lipinski definition) is 1. The molecule has 0 radical (unpaired) electrons. The average molecular weight is 274 g/mol. The van der Waals surface area contributed by atoms with Gasteiger partial charge < -0.3 is 5.11 Å². The van der Waals surface area contributed by atoms with E-state index in [0.29, 0.717) is 5.92 Å². The topological polar surface area (TPSA) is 20.2 Å². The second-order valence-electron chi connectivity index (χ2n) is 5.96. The second kappa shape index (κ2) is 5.01. The Morgan fingerprint density at radius 2 is 1.52 bits per heavy atom. The molecule has 0 fully saturated rings. The first kappa shape index (κ1) is 12.6. The molecule has 1 aliphatic rings. The molecule has 0 heterocycles. The fourth-order valence-electron chi connectivity index (χ4n) is 3.55. The standard InChI is InChI=1S/C20H18O/c21-20-13-17(18-7-3-4-8-19(18)20)12-14-9-10-15-5-1-2-6-16(15)11-14/h1-11,17,20-21H,12-13H2/t17-,20+/m1/s1. The molecule has 0 saturated heterocycles. The SMILES string of the molecule is O[C@H]1C[C@@H](Cc2ccc3ccccc3c2)c2ccccc21. The zero-order valence-corrected chi connectivity index (χ0v) is 11.9. The fourth-order valence-corrected chi connectivity index (χ4v) is 3.55. The molecular formula is C20H18O. The van der Waals surface area contributed by atoms with E-state index in [1.165, 1.54) is 21.9 Å². The Morgan fingerprint density at radius 1 is 0.810 bits per heavy atom. The van der Waals surface area contributed by atoms with E-state index in [1.54, 1.807) is 0 Å². The van der Waals surface area contributed by atoms with E-state index >= 15 is 0 Å². The first-order chi connectivity index (χ1) is 10.3. The van der Waals surface area contributed by atoms with Crippen molar-refractivity contribution < 1.29 is 5.11 Å². The molecule has 0 spiro atoms. The summed E-state index contributed by atoms with van der Waals surface area (Å²) in [5.74, 6) is 0.428. The van der Waals surface area contributed by atoms with Crippen molar-refractivity contribution in [3.63, 3.8) is 0 Å². The Hall–Kier alpha value is -2.12. The summed E-state index contributed by atoms with van der Waals surface area (Å²) in [5.41, 5.74) is 3.78. The third-order valence-electron chi connectivity index (χ3n) is 4.60. The average Bonchev–Trinajstić information content (AvgIpc) is 2.84. The zero-order valence-electron chi connectivity index (χ0n) is 11.9. The van der Waals surface area contributed by atoms with Crippen LogP contribution in [0.2, 0.25) is 0 Å². The van der Waals surface area contributed by atoms with Crippen LogP contribution in [0.5, 0.6) is 0 Å². The van der Waals surface area contributed by atoms with Crippen molar-refractivity contribution in [3.8, 4) is 0 Å². The molecule has 2 atom stereocenters. The normalized spacial score (nSPS) is 20.6. The zero-order chi connectivity index (χ0) is 14.2. The van der Waals surface area contributed by atoms with E-state index in [9.17, 15) is 5.11 Å². The predicted molar refractivity (Wildman–Crippen MR) is 86.4 cm³/mol. The molecule has 3 aromatic carbocycles. The van der Waals surface area contributed by atoms with Gasteiger partial charge in [0.05, 0.1) is 6.10 Å². The number of hydrogen-bond acceptors (Lipinski definition) is 1. The summed E-state index contributed by atoms with van der Waals surface area (Å²) in [5, 5.41) is 12.8. The Bertz CT molecular complexity index is 790. The first-order valence-corrected chi connectivity index (χ1v) is 7.56. The smallest absolute Gasteiger partial charge is 0.0798 e. The van der Waals surface area contributed by atoms with Crippen molar-refractivity contribution in [2.45, 2.75) is 24.9 Å². The van der Waals surface area contributed by atoms with Gasteiger partial charge in [0.1, 0.15) is 0 Å². The molecule has 1 aliphatic carbocycles. The van der Waals surface area contributed by atoms with Crippen LogP contribution in [0, 0.1) is 0 Å². The second-order valence-corrected chi connectivity index (χ2v) is 5.96. The molecule has 0 aliphatic heterocycles. The molecular weight excluding hydrogens is 256 g/mol. The lowest BCUT2D eigenvalue weighted by Gasteiger charge is -2.12. The van der Waals surface area contributed by atoms with Gasteiger partial charge in [-0.3, -0.25) is 0 Å². The van der Waals surface area contributed by atoms with Crippen LogP contribution in [-0.4, -0.2) is 5.11 Å². The fraction of sp³-hybridized carbons (Fsp3) is 0.200. The summed E-state index contributed by atoms with van der Waals surface area (Å²) in [6.07, 6.45) is 1.54. The van der Waals surface area contributed by atoms with Crippen molar-refractivity contribution in [1.82, 2.24) is 0 Å². The molecule has 1 nitrogen and oxygen atoms in total. The highest BCUT2D eigenvalue weighted by molar-refractivity contribution is 5.83. The molecule has 0 bridgehead atoms. The Kier molecular flexibility index (Phi) is 3.01. The van der Waals surface area contributed by atoms with Crippen LogP contribution in [-0.2, 0) is 6.42 Å². The maximum atomic E-state index is 10.2. The minimum Gasteiger partial charge on any atom is -0.388 e. The number of benzene rings is 3. The van der Waals surface area contributed by atoms with Gasteiger partial charge in [-0.25, -0.2) is 0 Å². The number of aliphatic hydroxyl groups excluding tert-OH is 1. The molecule has 0 aromatic heterocycles. The van der Waals surface area contributed by atoms with Crippen LogP contribution in [0.4, 0.5) is 0 Å². The summed E-state index contributed by atoms with van der Waals surface area (Å²) in [6.45, 7) is 0. The molecule has 0 amide bonds. The molecule has 104 valence electrons. The van der Waals surface area contributed by atoms with E-state index in [4.69, 9.17) is 0 Å². The molecule has 1 N–H and O–H groups in total. The van der Waals surface area contributed by atoms with Gasteiger partial charge in [-0.2, -0.15) is 0 Å².